The summed E-state index contributed by atoms with van der Waals surface area (Å²) in [6.07, 6.45) is 2.50. The molecule has 2 aromatic rings. The first kappa shape index (κ1) is 25.8. The van der Waals surface area contributed by atoms with Gasteiger partial charge in [-0.2, -0.15) is 5.26 Å². The number of hydrogen-bond acceptors (Lipinski definition) is 6. The maximum Gasteiger partial charge on any atom is 0.244 e. The van der Waals surface area contributed by atoms with E-state index in [0.717, 1.165) is 36.1 Å². The normalized spacial score (nSPS) is 12.1. The Hall–Kier alpha value is -2.45. The Balaban J connectivity index is 2.40. The van der Waals surface area contributed by atoms with E-state index in [0.29, 0.717) is 12.0 Å². The molecule has 0 aliphatic carbocycles. The van der Waals surface area contributed by atoms with Crippen molar-refractivity contribution in [2.75, 3.05) is 6.54 Å². The molecule has 4 N–H and O–H groups in total. The molecule has 10 heteroatoms. The second kappa shape index (κ2) is 10.4. The van der Waals surface area contributed by atoms with E-state index in [1.165, 1.54) is 6.07 Å². The molecular weight excluding hydrogens is 450 g/mol. The summed E-state index contributed by atoms with van der Waals surface area (Å²) >= 11 is 0. The van der Waals surface area contributed by atoms with Gasteiger partial charge in [0.25, 0.3) is 0 Å². The largest absolute Gasteiger partial charge is 0.507 e. The molecule has 0 unspecified atom stereocenters. The summed E-state index contributed by atoms with van der Waals surface area (Å²) in [6, 6.07) is 8.87. The van der Waals surface area contributed by atoms with Crippen LogP contribution in [0.5, 0.6) is 5.75 Å². The molecule has 0 saturated carbocycles. The summed E-state index contributed by atoms with van der Waals surface area (Å²) in [5, 5.41) is 24.4. The Bertz CT molecular complexity index is 1230. The van der Waals surface area contributed by atoms with Crippen LogP contribution in [-0.2, 0) is 32.9 Å². The average molecular weight is 480 g/mol. The van der Waals surface area contributed by atoms with Gasteiger partial charge in [0.2, 0.25) is 20.0 Å². The summed E-state index contributed by atoms with van der Waals surface area (Å²) in [6.45, 7) is 5.84. The molecule has 32 heavy (non-hydrogen) atoms. The van der Waals surface area contributed by atoms with E-state index < -0.39 is 30.7 Å². The van der Waals surface area contributed by atoms with Crippen molar-refractivity contribution in [1.82, 2.24) is 4.72 Å². The fraction of sp³-hybridized carbons (Fsp3) is 0.409. The van der Waals surface area contributed by atoms with Crippen molar-refractivity contribution in [2.24, 2.45) is 5.14 Å². The summed E-state index contributed by atoms with van der Waals surface area (Å²) in [5.41, 5.74) is 2.26. The minimum atomic E-state index is -4.13. The molecule has 0 spiro atoms. The molecule has 0 bridgehead atoms. The fourth-order valence-corrected chi connectivity index (χ4v) is 5.40. The zero-order chi connectivity index (χ0) is 24.1. The second-order valence-corrected chi connectivity index (χ2v) is 11.2. The van der Waals surface area contributed by atoms with Crippen molar-refractivity contribution in [2.45, 2.75) is 62.2 Å². The van der Waals surface area contributed by atoms with E-state index in [1.54, 1.807) is 6.07 Å². The van der Waals surface area contributed by atoms with Gasteiger partial charge in [-0.3, -0.25) is 0 Å². The van der Waals surface area contributed by atoms with Crippen molar-refractivity contribution in [3.8, 4) is 11.8 Å². The SMILES string of the molecule is CCCCc1cc(C(C)C)cc(S(N)(=O)=O)c1CCNS(=O)(=O)c1cc(C#N)ccc1O. The molecule has 174 valence electrons. The first-order valence-corrected chi connectivity index (χ1v) is 13.3. The maximum absolute atomic E-state index is 12.7. The molecule has 0 heterocycles. The second-order valence-electron chi connectivity index (χ2n) is 7.90. The predicted octanol–water partition coefficient (Wildman–Crippen LogP) is 2.90. The zero-order valence-corrected chi connectivity index (χ0v) is 20.1. The Morgan fingerprint density at radius 2 is 1.78 bits per heavy atom. The third-order valence-electron chi connectivity index (χ3n) is 5.14. The molecule has 2 rings (SSSR count). The summed E-state index contributed by atoms with van der Waals surface area (Å²) in [4.78, 5) is -0.409. The molecule has 0 aromatic heterocycles. The lowest BCUT2D eigenvalue weighted by atomic mass is 9.93. The molecule has 0 radical (unpaired) electrons. The van der Waals surface area contributed by atoms with Crippen molar-refractivity contribution in [1.29, 1.82) is 5.26 Å². The van der Waals surface area contributed by atoms with Crippen LogP contribution in [0.2, 0.25) is 0 Å². The highest BCUT2D eigenvalue weighted by Gasteiger charge is 2.22. The van der Waals surface area contributed by atoms with Crippen LogP contribution in [0, 0.1) is 11.3 Å². The Labute approximate surface area is 190 Å². The third kappa shape index (κ3) is 6.29. The number of phenolic OH excluding ortho intramolecular Hbond substituents is 1. The molecule has 0 saturated heterocycles. The summed E-state index contributed by atoms with van der Waals surface area (Å²) in [7, 11) is -8.15. The van der Waals surface area contributed by atoms with Crippen molar-refractivity contribution in [3.63, 3.8) is 0 Å². The number of benzene rings is 2. The van der Waals surface area contributed by atoms with Gasteiger partial charge in [-0.25, -0.2) is 26.7 Å². The Morgan fingerprint density at radius 3 is 2.34 bits per heavy atom. The van der Waals surface area contributed by atoms with Crippen molar-refractivity contribution in [3.05, 3.63) is 52.6 Å². The van der Waals surface area contributed by atoms with E-state index in [4.69, 9.17) is 10.4 Å². The Kier molecular flexibility index (Phi) is 8.42. The molecule has 0 aliphatic rings. The molecule has 0 fully saturated rings. The number of nitriles is 1. The van der Waals surface area contributed by atoms with Gasteiger partial charge < -0.3 is 5.11 Å². The lowest BCUT2D eigenvalue weighted by molar-refractivity contribution is 0.458. The van der Waals surface area contributed by atoms with Crippen LogP contribution in [0.15, 0.2) is 40.1 Å². The molecule has 2 aromatic carbocycles. The molecular formula is C22H29N3O5S2. The van der Waals surface area contributed by atoms with E-state index in [1.807, 2.05) is 32.9 Å². The molecule has 8 nitrogen and oxygen atoms in total. The van der Waals surface area contributed by atoms with Crippen LogP contribution in [0.4, 0.5) is 0 Å². The summed E-state index contributed by atoms with van der Waals surface area (Å²) < 4.78 is 52.4. The van der Waals surface area contributed by atoms with Crippen LogP contribution in [0.25, 0.3) is 0 Å². The average Bonchev–Trinajstić information content (AvgIpc) is 2.71. The van der Waals surface area contributed by atoms with E-state index in [9.17, 15) is 21.9 Å². The predicted molar refractivity (Wildman–Crippen MR) is 122 cm³/mol. The number of primary sulfonamides is 1. The molecule has 0 amide bonds. The fourth-order valence-electron chi connectivity index (χ4n) is 3.37. The van der Waals surface area contributed by atoms with Gasteiger partial charge >= 0.3 is 0 Å². The van der Waals surface area contributed by atoms with Crippen molar-refractivity contribution >= 4 is 20.0 Å². The maximum atomic E-state index is 12.7. The topological polar surface area (TPSA) is 150 Å². The number of aryl methyl sites for hydroxylation is 1. The van der Waals surface area contributed by atoms with Crippen molar-refractivity contribution < 1.29 is 21.9 Å². The number of aromatic hydroxyl groups is 1. The van der Waals surface area contributed by atoms with Gasteiger partial charge in [-0.05, 0) is 66.1 Å². The monoisotopic (exact) mass is 479 g/mol. The number of nitrogens with two attached hydrogens (primary N) is 1. The number of sulfonamides is 2. The lowest BCUT2D eigenvalue weighted by Gasteiger charge is -2.18. The quantitative estimate of drug-likeness (QED) is 0.477. The van der Waals surface area contributed by atoms with Crippen LogP contribution >= 0.6 is 0 Å². The van der Waals surface area contributed by atoms with E-state index in [-0.39, 0.29) is 29.3 Å². The smallest absolute Gasteiger partial charge is 0.244 e. The van der Waals surface area contributed by atoms with Gasteiger partial charge in [-0.15, -0.1) is 0 Å². The van der Waals surface area contributed by atoms with E-state index in [2.05, 4.69) is 4.72 Å². The first-order valence-electron chi connectivity index (χ1n) is 10.3. The molecule has 0 aliphatic heterocycles. The van der Waals surface area contributed by atoms with Gasteiger partial charge in [0.15, 0.2) is 0 Å². The number of nitrogens with zero attached hydrogens (tertiary/aromatic N) is 1. The van der Waals surface area contributed by atoms with Crippen LogP contribution < -0.4 is 9.86 Å². The highest BCUT2D eigenvalue weighted by molar-refractivity contribution is 7.89. The van der Waals surface area contributed by atoms with E-state index >= 15 is 0 Å². The minimum absolute atomic E-state index is 0.00308. The zero-order valence-electron chi connectivity index (χ0n) is 18.4. The van der Waals surface area contributed by atoms with Crippen LogP contribution in [0.3, 0.4) is 0 Å². The standard InChI is InChI=1S/C22H29N3O5S2/c1-4-5-6-17-12-18(15(2)3)13-21(31(24,27)28)19(17)9-10-25-32(29,30)22-11-16(14-23)7-8-20(22)26/h7-8,11-13,15,25-26H,4-6,9-10H2,1-3H3,(H2,24,27,28). The Morgan fingerprint density at radius 1 is 1.09 bits per heavy atom. The number of hydrogen-bond donors (Lipinski definition) is 3. The summed E-state index contributed by atoms with van der Waals surface area (Å²) in [5.74, 6) is -0.384. The van der Waals surface area contributed by atoms with Gasteiger partial charge in [0.1, 0.15) is 10.6 Å². The number of nitrogens with one attached hydrogen (secondary N) is 1. The van der Waals surface area contributed by atoms with Gasteiger partial charge in [0.05, 0.1) is 16.5 Å². The van der Waals surface area contributed by atoms with Crippen LogP contribution in [-0.4, -0.2) is 28.5 Å². The lowest BCUT2D eigenvalue weighted by Crippen LogP contribution is -2.27. The minimum Gasteiger partial charge on any atom is -0.507 e. The highest BCUT2D eigenvalue weighted by Crippen LogP contribution is 2.28. The first-order chi connectivity index (χ1) is 14.9. The number of phenols is 1. The van der Waals surface area contributed by atoms with Gasteiger partial charge in [0, 0.05) is 6.54 Å². The number of unbranched alkanes of at least 4 members (excludes halogenated alkanes) is 1. The number of rotatable bonds is 10. The van der Waals surface area contributed by atoms with Crippen LogP contribution in [0.1, 0.15) is 61.8 Å². The molecule has 0 atom stereocenters. The highest BCUT2D eigenvalue weighted by atomic mass is 32.2. The van der Waals surface area contributed by atoms with Gasteiger partial charge in [-0.1, -0.05) is 33.3 Å². The third-order valence-corrected chi connectivity index (χ3v) is 7.61.